The molecule has 164 valence electrons. The molecule has 1 aliphatic heterocycles. The molecule has 2 aromatic carbocycles. The van der Waals surface area contributed by atoms with Crippen molar-refractivity contribution in [1.29, 1.82) is 0 Å². The van der Waals surface area contributed by atoms with Gasteiger partial charge in [-0.3, -0.25) is 4.90 Å². The quantitative estimate of drug-likeness (QED) is 0.563. The van der Waals surface area contributed by atoms with Crippen LogP contribution in [0.5, 0.6) is 17.6 Å². The van der Waals surface area contributed by atoms with Crippen LogP contribution in [0.3, 0.4) is 0 Å². The van der Waals surface area contributed by atoms with E-state index >= 15 is 0 Å². The van der Waals surface area contributed by atoms with Gasteiger partial charge in [0.1, 0.15) is 18.2 Å². The number of hydrogen-bond acceptors (Lipinski definition) is 6. The second-order valence-corrected chi connectivity index (χ2v) is 7.59. The molecule has 0 amide bonds. The zero-order valence-electron chi connectivity index (χ0n) is 17.1. The Kier molecular flexibility index (Phi) is 6.31. The lowest BCUT2D eigenvalue weighted by atomic mass is 9.99. The SMILES string of the molecule is CC1CCN(CCOc2ccc(-n3nc(Oc4ccc(F)cc4F)oc3=O)cc2)CC1. The Labute approximate surface area is 177 Å². The number of halogens is 2. The Balaban J connectivity index is 1.36. The first kappa shape index (κ1) is 21.0. The number of piperidine rings is 1. The van der Waals surface area contributed by atoms with E-state index in [-0.39, 0.29) is 5.75 Å². The van der Waals surface area contributed by atoms with E-state index in [2.05, 4.69) is 16.9 Å². The number of benzene rings is 2. The van der Waals surface area contributed by atoms with Gasteiger partial charge in [-0.25, -0.2) is 13.6 Å². The molecule has 0 spiro atoms. The Morgan fingerprint density at radius 1 is 1.13 bits per heavy atom. The molecule has 3 aromatic rings. The molecule has 9 heteroatoms. The minimum absolute atomic E-state index is 0.304. The molecule has 7 nitrogen and oxygen atoms in total. The zero-order valence-corrected chi connectivity index (χ0v) is 17.1. The normalized spacial score (nSPS) is 15.2. The first-order valence-electron chi connectivity index (χ1n) is 10.2. The van der Waals surface area contributed by atoms with Crippen molar-refractivity contribution in [3.63, 3.8) is 0 Å². The van der Waals surface area contributed by atoms with E-state index in [9.17, 15) is 13.6 Å². The number of hydrogen-bond donors (Lipinski definition) is 0. The van der Waals surface area contributed by atoms with Gasteiger partial charge in [0.25, 0.3) is 0 Å². The van der Waals surface area contributed by atoms with Crippen LogP contribution in [-0.4, -0.2) is 40.9 Å². The van der Waals surface area contributed by atoms with Crippen molar-refractivity contribution in [3.05, 3.63) is 64.6 Å². The Morgan fingerprint density at radius 3 is 2.58 bits per heavy atom. The van der Waals surface area contributed by atoms with Gasteiger partial charge in [0.15, 0.2) is 11.6 Å². The fourth-order valence-corrected chi connectivity index (χ4v) is 3.38. The van der Waals surface area contributed by atoms with Crippen LogP contribution in [0.2, 0.25) is 0 Å². The van der Waals surface area contributed by atoms with E-state index in [4.69, 9.17) is 13.9 Å². The topological polar surface area (TPSA) is 69.7 Å². The smallest absolute Gasteiger partial charge is 0.444 e. The summed E-state index contributed by atoms with van der Waals surface area (Å²) in [7, 11) is 0. The third-order valence-corrected chi connectivity index (χ3v) is 5.25. The summed E-state index contributed by atoms with van der Waals surface area (Å²) < 4.78 is 43.5. The lowest BCUT2D eigenvalue weighted by Crippen LogP contribution is -2.35. The largest absolute Gasteiger partial charge is 0.492 e. The molecule has 1 saturated heterocycles. The summed E-state index contributed by atoms with van der Waals surface area (Å²) in [5.41, 5.74) is 0.431. The van der Waals surface area contributed by atoms with Gasteiger partial charge < -0.3 is 13.9 Å². The van der Waals surface area contributed by atoms with E-state index in [1.807, 2.05) is 0 Å². The average molecular weight is 431 g/mol. The Hall–Kier alpha value is -3.20. The summed E-state index contributed by atoms with van der Waals surface area (Å²) in [4.78, 5) is 14.5. The van der Waals surface area contributed by atoms with Crippen molar-refractivity contribution in [3.8, 4) is 23.3 Å². The van der Waals surface area contributed by atoms with Gasteiger partial charge in [0, 0.05) is 12.6 Å². The standard InChI is InChI=1S/C22H23F2N3O4/c1-15-8-10-26(11-9-15)12-13-29-18-5-3-17(4-6-18)27-22(28)31-21(25-27)30-20-7-2-16(23)14-19(20)24/h2-7,14-15H,8-13H2,1H3. The average Bonchev–Trinajstić information content (AvgIpc) is 3.12. The number of ether oxygens (including phenoxy) is 2. The van der Waals surface area contributed by atoms with Crippen molar-refractivity contribution in [1.82, 2.24) is 14.7 Å². The third-order valence-electron chi connectivity index (χ3n) is 5.25. The van der Waals surface area contributed by atoms with E-state index in [0.29, 0.717) is 24.1 Å². The van der Waals surface area contributed by atoms with Crippen molar-refractivity contribution >= 4 is 0 Å². The molecule has 0 bridgehead atoms. The minimum Gasteiger partial charge on any atom is -0.492 e. The fourth-order valence-electron chi connectivity index (χ4n) is 3.38. The molecule has 0 N–H and O–H groups in total. The third kappa shape index (κ3) is 5.29. The number of rotatable bonds is 7. The van der Waals surface area contributed by atoms with Crippen LogP contribution in [0.1, 0.15) is 19.8 Å². The lowest BCUT2D eigenvalue weighted by Gasteiger charge is -2.29. The van der Waals surface area contributed by atoms with Gasteiger partial charge in [-0.15, -0.1) is 0 Å². The van der Waals surface area contributed by atoms with E-state index < -0.39 is 23.5 Å². The molecule has 0 radical (unpaired) electrons. The van der Waals surface area contributed by atoms with E-state index in [0.717, 1.165) is 42.4 Å². The lowest BCUT2D eigenvalue weighted by molar-refractivity contribution is 0.160. The maximum Gasteiger partial charge on any atom is 0.444 e. The molecule has 31 heavy (non-hydrogen) atoms. The second-order valence-electron chi connectivity index (χ2n) is 7.59. The molecule has 2 heterocycles. The molecule has 0 saturated carbocycles. The van der Waals surface area contributed by atoms with Gasteiger partial charge in [-0.05, 0) is 68.2 Å². The van der Waals surface area contributed by atoms with Gasteiger partial charge >= 0.3 is 11.8 Å². The predicted molar refractivity (Wildman–Crippen MR) is 109 cm³/mol. The van der Waals surface area contributed by atoms with Crippen LogP contribution in [0.25, 0.3) is 5.69 Å². The maximum atomic E-state index is 13.7. The summed E-state index contributed by atoms with van der Waals surface area (Å²) in [5, 5.41) is 3.91. The first-order chi connectivity index (χ1) is 15.0. The zero-order chi connectivity index (χ0) is 21.8. The van der Waals surface area contributed by atoms with Crippen LogP contribution in [0, 0.1) is 17.6 Å². The van der Waals surface area contributed by atoms with Crippen molar-refractivity contribution < 1.29 is 22.7 Å². The minimum atomic E-state index is -0.933. The summed E-state index contributed by atoms with van der Waals surface area (Å²) in [5.74, 6) is -1.31. The highest BCUT2D eigenvalue weighted by molar-refractivity contribution is 5.36. The summed E-state index contributed by atoms with van der Waals surface area (Å²) >= 11 is 0. The van der Waals surface area contributed by atoms with Crippen LogP contribution in [0.4, 0.5) is 8.78 Å². The van der Waals surface area contributed by atoms with Crippen molar-refractivity contribution in [2.45, 2.75) is 19.8 Å². The van der Waals surface area contributed by atoms with E-state index in [1.54, 1.807) is 24.3 Å². The molecular weight excluding hydrogens is 408 g/mol. The summed E-state index contributed by atoms with van der Waals surface area (Å²) in [6.07, 6.45) is 1.99. The molecule has 1 aliphatic rings. The molecule has 0 aliphatic carbocycles. The van der Waals surface area contributed by atoms with Crippen LogP contribution in [0.15, 0.2) is 51.7 Å². The van der Waals surface area contributed by atoms with Gasteiger partial charge in [0.2, 0.25) is 0 Å². The Bertz CT molecular complexity index is 1070. The van der Waals surface area contributed by atoms with Gasteiger partial charge in [-0.2, -0.15) is 4.68 Å². The predicted octanol–water partition coefficient (Wildman–Crippen LogP) is 4.01. The monoisotopic (exact) mass is 431 g/mol. The number of likely N-dealkylation sites (tertiary alicyclic amines) is 1. The van der Waals surface area contributed by atoms with Crippen LogP contribution < -0.4 is 15.2 Å². The summed E-state index contributed by atoms with van der Waals surface area (Å²) in [6, 6.07) is 9.55. The highest BCUT2D eigenvalue weighted by Gasteiger charge is 2.16. The molecule has 1 fully saturated rings. The highest BCUT2D eigenvalue weighted by atomic mass is 19.1. The molecule has 0 unspecified atom stereocenters. The molecule has 0 atom stereocenters. The number of aromatic nitrogens is 2. The highest BCUT2D eigenvalue weighted by Crippen LogP contribution is 2.23. The molecular formula is C22H23F2N3O4. The van der Waals surface area contributed by atoms with Gasteiger partial charge in [-0.1, -0.05) is 12.0 Å². The van der Waals surface area contributed by atoms with Crippen molar-refractivity contribution in [2.75, 3.05) is 26.2 Å². The number of nitrogens with zero attached hydrogens (tertiary/aromatic N) is 3. The summed E-state index contributed by atoms with van der Waals surface area (Å²) in [6.45, 7) is 5.94. The fraction of sp³-hybridized carbons (Fsp3) is 0.364. The van der Waals surface area contributed by atoms with Crippen LogP contribution >= 0.6 is 0 Å². The van der Waals surface area contributed by atoms with Gasteiger partial charge in [0.05, 0.1) is 5.69 Å². The van der Waals surface area contributed by atoms with E-state index in [1.165, 1.54) is 12.8 Å². The van der Waals surface area contributed by atoms with Crippen molar-refractivity contribution in [2.24, 2.45) is 5.92 Å². The Morgan fingerprint density at radius 2 is 1.87 bits per heavy atom. The second kappa shape index (κ2) is 9.30. The van der Waals surface area contributed by atoms with Crippen LogP contribution in [-0.2, 0) is 0 Å². The first-order valence-corrected chi connectivity index (χ1v) is 10.2. The maximum absolute atomic E-state index is 13.7. The molecule has 4 rings (SSSR count). The molecule has 1 aromatic heterocycles.